The number of halogens is 1. The summed E-state index contributed by atoms with van der Waals surface area (Å²) in [4.78, 5) is 4.33. The van der Waals surface area contributed by atoms with Gasteiger partial charge in [0, 0.05) is 5.39 Å². The van der Waals surface area contributed by atoms with E-state index in [0.717, 1.165) is 16.6 Å². The number of benzene rings is 1. The Bertz CT molecular complexity index is 466. The average molecular weight is 193 g/mol. The van der Waals surface area contributed by atoms with Gasteiger partial charge in [0.2, 0.25) is 0 Å². The molecule has 0 aliphatic carbocycles. The number of hydrogen-bond acceptors (Lipinski definition) is 2. The molecule has 1 aromatic carbocycles. The number of aromatic nitrogens is 1. The molecule has 3 heteroatoms. The third-order valence-corrected chi connectivity index (χ3v) is 2.46. The molecule has 0 amide bonds. The summed E-state index contributed by atoms with van der Waals surface area (Å²) in [7, 11) is 0. The van der Waals surface area contributed by atoms with E-state index in [1.807, 2.05) is 31.2 Å². The van der Waals surface area contributed by atoms with Crippen molar-refractivity contribution in [1.29, 1.82) is 0 Å². The standard InChI is InChI=1S/C10H9ClN2/c1-6-10(12)9(11)7-4-2-3-5-8(7)13-6/h2-5H,12H2,1H3. The second kappa shape index (κ2) is 2.89. The highest BCUT2D eigenvalue weighted by molar-refractivity contribution is 6.38. The van der Waals surface area contributed by atoms with Crippen molar-refractivity contribution in [2.24, 2.45) is 0 Å². The minimum Gasteiger partial charge on any atom is -0.396 e. The van der Waals surface area contributed by atoms with E-state index in [2.05, 4.69) is 4.98 Å². The molecule has 0 radical (unpaired) electrons. The molecule has 0 saturated carbocycles. The molecule has 66 valence electrons. The van der Waals surface area contributed by atoms with Crippen molar-refractivity contribution >= 4 is 28.2 Å². The van der Waals surface area contributed by atoms with Gasteiger partial charge in [0.1, 0.15) is 0 Å². The normalized spacial score (nSPS) is 10.6. The summed E-state index contributed by atoms with van der Waals surface area (Å²) < 4.78 is 0. The molecule has 0 saturated heterocycles. The van der Waals surface area contributed by atoms with E-state index >= 15 is 0 Å². The second-order valence-electron chi connectivity index (χ2n) is 2.94. The van der Waals surface area contributed by atoms with Crippen LogP contribution in [0.4, 0.5) is 5.69 Å². The van der Waals surface area contributed by atoms with Crippen LogP contribution in [0.3, 0.4) is 0 Å². The largest absolute Gasteiger partial charge is 0.396 e. The SMILES string of the molecule is Cc1nc2ccccc2c(Cl)c1N. The molecule has 0 aliphatic heterocycles. The van der Waals surface area contributed by atoms with E-state index in [9.17, 15) is 0 Å². The number of fused-ring (bicyclic) bond motifs is 1. The van der Waals surface area contributed by atoms with E-state index in [4.69, 9.17) is 17.3 Å². The molecule has 0 unspecified atom stereocenters. The highest BCUT2D eigenvalue weighted by atomic mass is 35.5. The Morgan fingerprint density at radius 1 is 1.31 bits per heavy atom. The lowest BCUT2D eigenvalue weighted by Crippen LogP contribution is -1.95. The van der Waals surface area contributed by atoms with Gasteiger partial charge in [0.05, 0.1) is 21.9 Å². The van der Waals surface area contributed by atoms with Gasteiger partial charge in [-0.2, -0.15) is 0 Å². The van der Waals surface area contributed by atoms with E-state index in [-0.39, 0.29) is 0 Å². The fraction of sp³-hybridized carbons (Fsp3) is 0.100. The summed E-state index contributed by atoms with van der Waals surface area (Å²) in [5, 5.41) is 1.51. The van der Waals surface area contributed by atoms with Crippen LogP contribution in [0.25, 0.3) is 10.9 Å². The molecule has 2 nitrogen and oxygen atoms in total. The zero-order valence-corrected chi connectivity index (χ0v) is 7.97. The van der Waals surface area contributed by atoms with Gasteiger partial charge in [0.15, 0.2) is 0 Å². The number of rotatable bonds is 0. The summed E-state index contributed by atoms with van der Waals surface area (Å²) in [6.45, 7) is 1.85. The third kappa shape index (κ3) is 1.23. The quantitative estimate of drug-likeness (QED) is 0.697. The first kappa shape index (κ1) is 8.32. The van der Waals surface area contributed by atoms with Crippen molar-refractivity contribution in [2.45, 2.75) is 6.92 Å². The Morgan fingerprint density at radius 2 is 2.00 bits per heavy atom. The molecule has 1 aromatic heterocycles. The number of anilines is 1. The number of nitrogen functional groups attached to an aromatic ring is 1. The lowest BCUT2D eigenvalue weighted by Gasteiger charge is -2.05. The maximum Gasteiger partial charge on any atom is 0.0748 e. The number of pyridine rings is 1. The summed E-state index contributed by atoms with van der Waals surface area (Å²) in [6, 6.07) is 7.69. The second-order valence-corrected chi connectivity index (χ2v) is 3.32. The zero-order valence-electron chi connectivity index (χ0n) is 7.21. The Balaban J connectivity index is 2.94. The Hall–Kier alpha value is -1.28. The lowest BCUT2D eigenvalue weighted by atomic mass is 10.2. The molecule has 2 N–H and O–H groups in total. The van der Waals surface area contributed by atoms with E-state index in [0.29, 0.717) is 10.7 Å². The lowest BCUT2D eigenvalue weighted by molar-refractivity contribution is 1.26. The number of para-hydroxylation sites is 1. The average Bonchev–Trinajstić information content (AvgIpc) is 2.15. The topological polar surface area (TPSA) is 38.9 Å². The molecular weight excluding hydrogens is 184 g/mol. The summed E-state index contributed by atoms with van der Waals surface area (Å²) in [5.41, 5.74) is 7.99. The van der Waals surface area contributed by atoms with Crippen LogP contribution in [0.5, 0.6) is 0 Å². The summed E-state index contributed by atoms with van der Waals surface area (Å²) in [5.74, 6) is 0. The smallest absolute Gasteiger partial charge is 0.0748 e. The first-order valence-electron chi connectivity index (χ1n) is 4.00. The van der Waals surface area contributed by atoms with E-state index in [1.54, 1.807) is 0 Å². The molecular formula is C10H9ClN2. The van der Waals surface area contributed by atoms with Crippen molar-refractivity contribution in [3.05, 3.63) is 35.0 Å². The van der Waals surface area contributed by atoms with Gasteiger partial charge in [-0.25, -0.2) is 0 Å². The first-order chi connectivity index (χ1) is 6.20. The van der Waals surface area contributed by atoms with E-state index < -0.39 is 0 Å². The molecule has 0 fully saturated rings. The van der Waals surface area contributed by atoms with E-state index in [1.165, 1.54) is 0 Å². The summed E-state index contributed by atoms with van der Waals surface area (Å²) in [6.07, 6.45) is 0. The van der Waals surface area contributed by atoms with Crippen LogP contribution in [-0.2, 0) is 0 Å². The molecule has 2 rings (SSSR count). The van der Waals surface area contributed by atoms with Crippen molar-refractivity contribution in [3.63, 3.8) is 0 Å². The van der Waals surface area contributed by atoms with Crippen LogP contribution in [0.15, 0.2) is 24.3 Å². The number of nitrogens with two attached hydrogens (primary N) is 1. The molecule has 0 spiro atoms. The monoisotopic (exact) mass is 192 g/mol. The van der Waals surface area contributed by atoms with Crippen molar-refractivity contribution in [2.75, 3.05) is 5.73 Å². The molecule has 1 heterocycles. The number of hydrogen-bond donors (Lipinski definition) is 1. The van der Waals surface area contributed by atoms with Crippen LogP contribution in [0.2, 0.25) is 5.02 Å². The third-order valence-electron chi connectivity index (χ3n) is 2.05. The Labute approximate surface area is 81.3 Å². The van der Waals surface area contributed by atoms with Crippen molar-refractivity contribution in [3.8, 4) is 0 Å². The van der Waals surface area contributed by atoms with Gasteiger partial charge < -0.3 is 5.73 Å². The Kier molecular flexibility index (Phi) is 1.85. The van der Waals surface area contributed by atoms with Crippen LogP contribution < -0.4 is 5.73 Å². The van der Waals surface area contributed by atoms with Crippen LogP contribution >= 0.6 is 11.6 Å². The maximum absolute atomic E-state index is 6.07. The molecule has 0 bridgehead atoms. The van der Waals surface area contributed by atoms with Gasteiger partial charge in [-0.3, -0.25) is 4.98 Å². The van der Waals surface area contributed by atoms with Crippen molar-refractivity contribution < 1.29 is 0 Å². The van der Waals surface area contributed by atoms with Crippen LogP contribution in [0.1, 0.15) is 5.69 Å². The fourth-order valence-corrected chi connectivity index (χ4v) is 1.60. The van der Waals surface area contributed by atoms with Crippen LogP contribution in [0, 0.1) is 6.92 Å². The van der Waals surface area contributed by atoms with Gasteiger partial charge >= 0.3 is 0 Å². The van der Waals surface area contributed by atoms with Gasteiger partial charge in [-0.05, 0) is 13.0 Å². The maximum atomic E-state index is 6.07. The Morgan fingerprint density at radius 3 is 2.77 bits per heavy atom. The molecule has 0 atom stereocenters. The fourth-order valence-electron chi connectivity index (χ4n) is 1.30. The van der Waals surface area contributed by atoms with Crippen molar-refractivity contribution in [1.82, 2.24) is 4.98 Å². The van der Waals surface area contributed by atoms with Gasteiger partial charge in [0.25, 0.3) is 0 Å². The predicted octanol–water partition coefficient (Wildman–Crippen LogP) is 2.78. The molecule has 2 aromatic rings. The minimum atomic E-state index is 0.570. The first-order valence-corrected chi connectivity index (χ1v) is 4.38. The highest BCUT2D eigenvalue weighted by Gasteiger charge is 2.06. The number of aryl methyl sites for hydroxylation is 1. The predicted molar refractivity (Wildman–Crippen MR) is 55.9 cm³/mol. The summed E-state index contributed by atoms with van der Waals surface area (Å²) >= 11 is 6.07. The van der Waals surface area contributed by atoms with Gasteiger partial charge in [-0.1, -0.05) is 29.8 Å². The zero-order chi connectivity index (χ0) is 9.42. The minimum absolute atomic E-state index is 0.570. The number of nitrogens with zero attached hydrogens (tertiary/aromatic N) is 1. The van der Waals surface area contributed by atoms with Crippen LogP contribution in [-0.4, -0.2) is 4.98 Å². The molecule has 13 heavy (non-hydrogen) atoms. The van der Waals surface area contributed by atoms with Gasteiger partial charge in [-0.15, -0.1) is 0 Å². The highest BCUT2D eigenvalue weighted by Crippen LogP contribution is 2.29. The molecule has 0 aliphatic rings.